The van der Waals surface area contributed by atoms with Crippen LogP contribution in [0, 0.1) is 6.92 Å². The van der Waals surface area contributed by atoms with Crippen LogP contribution >= 0.6 is 39.0 Å². The highest BCUT2D eigenvalue weighted by Crippen LogP contribution is 2.33. The SMILES string of the molecule is Cc1nnc(/N=C2/S/C(=C\c3ccc(Br)cc3)C(=O)N2C)s1. The fraction of sp³-hybridized carbons (Fsp3) is 0.143. The lowest BCUT2D eigenvalue weighted by atomic mass is 10.2. The van der Waals surface area contributed by atoms with E-state index in [-0.39, 0.29) is 5.91 Å². The van der Waals surface area contributed by atoms with Crippen molar-refractivity contribution in [2.75, 3.05) is 7.05 Å². The molecule has 1 amide bonds. The molecule has 2 heterocycles. The Labute approximate surface area is 144 Å². The number of hydrogen-bond acceptors (Lipinski definition) is 6. The number of rotatable bonds is 2. The Hall–Kier alpha value is -1.51. The molecule has 1 saturated heterocycles. The second-order valence-electron chi connectivity index (χ2n) is 4.52. The van der Waals surface area contributed by atoms with Crippen LogP contribution in [0.2, 0.25) is 0 Å². The van der Waals surface area contributed by atoms with Crippen LogP contribution in [0.25, 0.3) is 6.08 Å². The highest BCUT2D eigenvalue weighted by Gasteiger charge is 2.30. The van der Waals surface area contributed by atoms with Gasteiger partial charge in [-0.15, -0.1) is 10.2 Å². The van der Waals surface area contributed by atoms with Gasteiger partial charge in [0.05, 0.1) is 4.91 Å². The van der Waals surface area contributed by atoms with Gasteiger partial charge in [0.15, 0.2) is 5.17 Å². The van der Waals surface area contributed by atoms with Crippen molar-refractivity contribution >= 4 is 61.3 Å². The third-order valence-electron chi connectivity index (χ3n) is 2.88. The number of amides is 1. The average Bonchev–Trinajstić information content (AvgIpc) is 3.01. The van der Waals surface area contributed by atoms with Crippen molar-refractivity contribution in [1.82, 2.24) is 15.1 Å². The van der Waals surface area contributed by atoms with Gasteiger partial charge in [-0.3, -0.25) is 9.69 Å². The normalized spacial score (nSPS) is 18.7. The van der Waals surface area contributed by atoms with Gasteiger partial charge in [0.2, 0.25) is 5.13 Å². The molecule has 0 bridgehead atoms. The average molecular weight is 395 g/mol. The zero-order valence-electron chi connectivity index (χ0n) is 11.8. The number of carbonyl (C=O) groups is 1. The second-order valence-corrected chi connectivity index (χ2v) is 7.61. The van der Waals surface area contributed by atoms with Gasteiger partial charge < -0.3 is 0 Å². The number of hydrogen-bond donors (Lipinski definition) is 0. The summed E-state index contributed by atoms with van der Waals surface area (Å²) < 4.78 is 1.01. The first-order valence-corrected chi connectivity index (χ1v) is 8.77. The quantitative estimate of drug-likeness (QED) is 0.725. The van der Waals surface area contributed by atoms with E-state index in [0.29, 0.717) is 15.2 Å². The van der Waals surface area contributed by atoms with E-state index in [2.05, 4.69) is 31.1 Å². The van der Waals surface area contributed by atoms with Crippen LogP contribution in [0.3, 0.4) is 0 Å². The van der Waals surface area contributed by atoms with E-state index in [0.717, 1.165) is 15.0 Å². The maximum atomic E-state index is 12.3. The molecule has 1 aliphatic heterocycles. The monoisotopic (exact) mass is 394 g/mol. The highest BCUT2D eigenvalue weighted by molar-refractivity contribution is 9.10. The van der Waals surface area contributed by atoms with Crippen LogP contribution in [0.4, 0.5) is 5.13 Å². The minimum absolute atomic E-state index is 0.0621. The lowest BCUT2D eigenvalue weighted by Crippen LogP contribution is -2.23. The minimum atomic E-state index is -0.0621. The fourth-order valence-electron chi connectivity index (χ4n) is 1.78. The van der Waals surface area contributed by atoms with E-state index < -0.39 is 0 Å². The molecule has 2 aromatic rings. The Bertz CT molecular complexity index is 782. The molecule has 3 rings (SSSR count). The zero-order valence-corrected chi connectivity index (χ0v) is 15.0. The fourth-order valence-corrected chi connectivity index (χ4v) is 3.62. The molecule has 22 heavy (non-hydrogen) atoms. The summed E-state index contributed by atoms with van der Waals surface area (Å²) in [5, 5.41) is 9.91. The maximum absolute atomic E-state index is 12.3. The Morgan fingerprint density at radius 2 is 2.00 bits per heavy atom. The summed E-state index contributed by atoms with van der Waals surface area (Å²) in [4.78, 5) is 18.9. The summed E-state index contributed by atoms with van der Waals surface area (Å²) in [5.41, 5.74) is 0.973. The van der Waals surface area contributed by atoms with E-state index in [4.69, 9.17) is 0 Å². The number of aliphatic imine (C=N–C) groups is 1. The van der Waals surface area contributed by atoms with Gasteiger partial charge in [-0.05, 0) is 42.5 Å². The van der Waals surface area contributed by atoms with Crippen LogP contribution in [-0.4, -0.2) is 33.2 Å². The first kappa shape index (κ1) is 15.4. The van der Waals surface area contributed by atoms with E-state index >= 15 is 0 Å². The molecule has 1 aromatic heterocycles. The number of aromatic nitrogens is 2. The molecule has 1 aliphatic rings. The molecule has 0 spiro atoms. The van der Waals surface area contributed by atoms with Gasteiger partial charge >= 0.3 is 0 Å². The van der Waals surface area contributed by atoms with Gasteiger partial charge in [-0.25, -0.2) is 0 Å². The number of aryl methyl sites for hydroxylation is 1. The summed E-state index contributed by atoms with van der Waals surface area (Å²) in [6, 6.07) is 7.79. The summed E-state index contributed by atoms with van der Waals surface area (Å²) in [5.74, 6) is -0.0621. The molecule has 5 nitrogen and oxygen atoms in total. The number of thioether (sulfide) groups is 1. The molecule has 0 atom stereocenters. The van der Waals surface area contributed by atoms with Crippen LogP contribution < -0.4 is 0 Å². The maximum Gasteiger partial charge on any atom is 0.266 e. The molecule has 8 heteroatoms. The number of halogens is 1. The van der Waals surface area contributed by atoms with Crippen molar-refractivity contribution < 1.29 is 4.79 Å². The smallest absolute Gasteiger partial charge is 0.266 e. The van der Waals surface area contributed by atoms with Crippen LogP contribution in [-0.2, 0) is 4.79 Å². The van der Waals surface area contributed by atoms with Crippen molar-refractivity contribution in [2.45, 2.75) is 6.92 Å². The Balaban J connectivity index is 1.88. The third-order valence-corrected chi connectivity index (χ3v) is 5.20. The minimum Gasteiger partial charge on any atom is -0.289 e. The Morgan fingerprint density at radius 1 is 1.27 bits per heavy atom. The molecular weight excluding hydrogens is 384 g/mol. The van der Waals surface area contributed by atoms with E-state index in [1.807, 2.05) is 37.3 Å². The second kappa shape index (κ2) is 6.31. The summed E-state index contributed by atoms with van der Waals surface area (Å²) in [6.07, 6.45) is 1.86. The van der Waals surface area contributed by atoms with E-state index in [9.17, 15) is 4.79 Å². The third kappa shape index (κ3) is 3.29. The predicted molar refractivity (Wildman–Crippen MR) is 94.2 cm³/mol. The molecule has 1 fully saturated rings. The topological polar surface area (TPSA) is 58.5 Å². The largest absolute Gasteiger partial charge is 0.289 e. The van der Waals surface area contributed by atoms with Crippen LogP contribution in [0.15, 0.2) is 38.6 Å². The molecule has 0 N–H and O–H groups in total. The van der Waals surface area contributed by atoms with Crippen molar-refractivity contribution in [2.24, 2.45) is 4.99 Å². The van der Waals surface area contributed by atoms with Gasteiger partial charge in [-0.1, -0.05) is 39.4 Å². The lowest BCUT2D eigenvalue weighted by Gasteiger charge is -2.05. The molecule has 0 unspecified atom stereocenters. The Kier molecular flexibility index (Phi) is 4.42. The number of likely N-dealkylation sites (N-methyl/N-ethyl adjacent to an activating group) is 1. The standard InChI is InChI=1S/C14H11BrN4OS2/c1-8-17-18-13(21-8)16-14-19(2)12(20)11(22-14)7-9-3-5-10(15)6-4-9/h3-7H,1-2H3/b11-7-,16-14+. The summed E-state index contributed by atoms with van der Waals surface area (Å²) in [7, 11) is 1.71. The molecular formula is C14H11BrN4OS2. The first-order chi connectivity index (χ1) is 10.5. The van der Waals surface area contributed by atoms with E-state index in [1.165, 1.54) is 28.0 Å². The Morgan fingerprint density at radius 3 is 2.64 bits per heavy atom. The van der Waals surface area contributed by atoms with Crippen molar-refractivity contribution in [3.05, 3.63) is 44.2 Å². The van der Waals surface area contributed by atoms with Crippen LogP contribution in [0.5, 0.6) is 0 Å². The number of carbonyl (C=O) groups excluding carboxylic acids is 1. The summed E-state index contributed by atoms with van der Waals surface area (Å²) in [6.45, 7) is 1.87. The lowest BCUT2D eigenvalue weighted by molar-refractivity contribution is -0.121. The van der Waals surface area contributed by atoms with Crippen LogP contribution in [0.1, 0.15) is 10.6 Å². The molecule has 0 aliphatic carbocycles. The van der Waals surface area contributed by atoms with Crippen molar-refractivity contribution in [3.63, 3.8) is 0 Å². The summed E-state index contributed by atoms with van der Waals surface area (Å²) >= 11 is 6.14. The molecule has 0 saturated carbocycles. The van der Waals surface area contributed by atoms with E-state index in [1.54, 1.807) is 7.05 Å². The van der Waals surface area contributed by atoms with Crippen molar-refractivity contribution in [1.29, 1.82) is 0 Å². The molecule has 1 aromatic carbocycles. The van der Waals surface area contributed by atoms with Gasteiger partial charge in [0.25, 0.3) is 5.91 Å². The number of amidine groups is 1. The predicted octanol–water partition coefficient (Wildman–Crippen LogP) is 3.84. The molecule has 112 valence electrons. The number of benzene rings is 1. The number of nitrogens with zero attached hydrogens (tertiary/aromatic N) is 4. The van der Waals surface area contributed by atoms with Gasteiger partial charge in [0.1, 0.15) is 5.01 Å². The highest BCUT2D eigenvalue weighted by atomic mass is 79.9. The van der Waals surface area contributed by atoms with Gasteiger partial charge in [0, 0.05) is 11.5 Å². The van der Waals surface area contributed by atoms with Gasteiger partial charge in [-0.2, -0.15) is 4.99 Å². The first-order valence-electron chi connectivity index (χ1n) is 6.35. The molecule has 0 radical (unpaired) electrons. The van der Waals surface area contributed by atoms with Crippen molar-refractivity contribution in [3.8, 4) is 0 Å². The zero-order chi connectivity index (χ0) is 15.7.